The molecular weight excluding hydrogens is 344 g/mol. The Morgan fingerprint density at radius 3 is 2.56 bits per heavy atom. The molecule has 1 fully saturated rings. The molecule has 25 heavy (non-hydrogen) atoms. The molecule has 0 spiro atoms. The number of nitrogens with one attached hydrogen (secondary N) is 2. The van der Waals surface area contributed by atoms with E-state index >= 15 is 0 Å². The van der Waals surface area contributed by atoms with Crippen LogP contribution < -0.4 is 20.2 Å². The van der Waals surface area contributed by atoms with Crippen molar-refractivity contribution in [1.29, 1.82) is 0 Å². The van der Waals surface area contributed by atoms with E-state index < -0.39 is 0 Å². The Morgan fingerprint density at radius 1 is 1.32 bits per heavy atom. The molecule has 0 amide bonds. The van der Waals surface area contributed by atoms with Gasteiger partial charge in [0.15, 0.2) is 16.6 Å². The molecule has 1 aliphatic heterocycles. The smallest absolute Gasteiger partial charge is 0.200 e. The van der Waals surface area contributed by atoms with Crippen molar-refractivity contribution in [3.63, 3.8) is 0 Å². The van der Waals surface area contributed by atoms with Crippen LogP contribution in [0.2, 0.25) is 0 Å². The van der Waals surface area contributed by atoms with Crippen molar-refractivity contribution in [2.45, 2.75) is 0 Å². The topological polar surface area (TPSA) is 87.6 Å². The van der Waals surface area contributed by atoms with Gasteiger partial charge in [0.25, 0.3) is 0 Å². The highest BCUT2D eigenvalue weighted by Gasteiger charge is 2.11. The molecule has 0 saturated carbocycles. The zero-order chi connectivity index (χ0) is 18.1. The fraction of sp³-hybridized carbons (Fsp3) is 0.500. The van der Waals surface area contributed by atoms with Crippen molar-refractivity contribution in [2.75, 3.05) is 53.6 Å². The number of morpholine rings is 1. The van der Waals surface area contributed by atoms with Gasteiger partial charge in [0.2, 0.25) is 5.75 Å². The average Bonchev–Trinajstić information content (AvgIpc) is 2.63. The van der Waals surface area contributed by atoms with Gasteiger partial charge in [0.1, 0.15) is 0 Å². The largest absolute Gasteiger partial charge is 0.502 e. The van der Waals surface area contributed by atoms with Crippen molar-refractivity contribution < 1.29 is 19.3 Å². The summed E-state index contributed by atoms with van der Waals surface area (Å²) in [6.07, 6.45) is 1.57. The van der Waals surface area contributed by atoms with E-state index in [1.165, 1.54) is 14.2 Å². The molecule has 0 atom stereocenters. The lowest BCUT2D eigenvalue weighted by Gasteiger charge is -2.26. The van der Waals surface area contributed by atoms with Gasteiger partial charge in [-0.05, 0) is 24.4 Å². The van der Waals surface area contributed by atoms with Crippen molar-refractivity contribution in [3.8, 4) is 17.2 Å². The molecule has 1 aliphatic rings. The summed E-state index contributed by atoms with van der Waals surface area (Å²) in [5.41, 5.74) is 3.46. The third kappa shape index (κ3) is 6.04. The molecule has 138 valence electrons. The maximum absolute atomic E-state index is 9.88. The van der Waals surface area contributed by atoms with Crippen LogP contribution in [0.1, 0.15) is 5.56 Å². The number of benzene rings is 1. The second-order valence-corrected chi connectivity index (χ2v) is 5.76. The Bertz CT molecular complexity index is 581. The summed E-state index contributed by atoms with van der Waals surface area (Å²) in [6, 6.07) is 3.30. The number of nitrogens with zero attached hydrogens (tertiary/aromatic N) is 2. The number of thiocarbonyl (C=S) groups is 1. The fourth-order valence-electron chi connectivity index (χ4n) is 2.35. The minimum atomic E-state index is -0.0459. The van der Waals surface area contributed by atoms with Crippen molar-refractivity contribution >= 4 is 23.5 Å². The summed E-state index contributed by atoms with van der Waals surface area (Å²) in [5.74, 6) is 0.578. The monoisotopic (exact) mass is 368 g/mol. The second kappa shape index (κ2) is 10.0. The Hall–Kier alpha value is -2.10. The van der Waals surface area contributed by atoms with Crippen LogP contribution in [0.15, 0.2) is 17.2 Å². The van der Waals surface area contributed by atoms with E-state index in [-0.39, 0.29) is 5.75 Å². The molecule has 1 heterocycles. The van der Waals surface area contributed by atoms with Gasteiger partial charge < -0.3 is 24.6 Å². The molecule has 0 aliphatic carbocycles. The number of hydrazone groups is 1. The maximum atomic E-state index is 9.88. The van der Waals surface area contributed by atoms with Gasteiger partial charge in [0, 0.05) is 31.7 Å². The van der Waals surface area contributed by atoms with Crippen LogP contribution in [-0.2, 0) is 4.74 Å². The van der Waals surface area contributed by atoms with Crippen molar-refractivity contribution in [1.82, 2.24) is 15.6 Å². The van der Waals surface area contributed by atoms with Gasteiger partial charge >= 0.3 is 0 Å². The highest BCUT2D eigenvalue weighted by atomic mass is 32.1. The molecule has 0 radical (unpaired) electrons. The predicted molar refractivity (Wildman–Crippen MR) is 99.8 cm³/mol. The molecule has 1 aromatic carbocycles. The van der Waals surface area contributed by atoms with Crippen LogP contribution in [-0.4, -0.2) is 74.9 Å². The lowest BCUT2D eigenvalue weighted by molar-refractivity contribution is 0.0389. The normalized spacial score (nSPS) is 15.1. The fourth-order valence-corrected chi connectivity index (χ4v) is 2.50. The Kier molecular flexibility index (Phi) is 7.71. The number of methoxy groups -OCH3 is 2. The lowest BCUT2D eigenvalue weighted by Crippen LogP contribution is -2.42. The van der Waals surface area contributed by atoms with Gasteiger partial charge in [-0.1, -0.05) is 0 Å². The standard InChI is InChI=1S/C16H24N4O4S/c1-22-13-9-12(10-14(23-2)15(13)21)11-18-19-16(25)17-3-4-20-5-7-24-8-6-20/h9-11,21H,3-8H2,1-2H3,(H2,17,19,25)/b18-11+. The highest BCUT2D eigenvalue weighted by Crippen LogP contribution is 2.36. The van der Waals surface area contributed by atoms with E-state index in [1.807, 2.05) is 0 Å². The lowest BCUT2D eigenvalue weighted by atomic mass is 10.2. The molecular formula is C16H24N4O4S. The number of rotatable bonds is 7. The minimum absolute atomic E-state index is 0.0459. The molecule has 1 saturated heterocycles. The van der Waals surface area contributed by atoms with Crippen molar-refractivity contribution in [2.24, 2.45) is 5.10 Å². The van der Waals surface area contributed by atoms with Gasteiger partial charge in [0.05, 0.1) is 33.6 Å². The first-order chi connectivity index (χ1) is 12.1. The van der Waals surface area contributed by atoms with Crippen LogP contribution >= 0.6 is 12.2 Å². The minimum Gasteiger partial charge on any atom is -0.502 e. The number of phenolic OH excluding ortho intramolecular Hbond substituents is 1. The van der Waals surface area contributed by atoms with E-state index in [0.717, 1.165) is 39.4 Å². The second-order valence-electron chi connectivity index (χ2n) is 5.35. The zero-order valence-electron chi connectivity index (χ0n) is 14.4. The van der Waals surface area contributed by atoms with Crippen LogP contribution in [0, 0.1) is 0 Å². The van der Waals surface area contributed by atoms with E-state index in [4.69, 9.17) is 26.4 Å². The van der Waals surface area contributed by atoms with Crippen molar-refractivity contribution in [3.05, 3.63) is 17.7 Å². The predicted octanol–water partition coefficient (Wildman–Crippen LogP) is 0.540. The summed E-state index contributed by atoms with van der Waals surface area (Å²) in [7, 11) is 2.95. The number of hydrogen-bond donors (Lipinski definition) is 3. The summed E-state index contributed by atoms with van der Waals surface area (Å²) in [6.45, 7) is 5.11. The number of hydrogen-bond acceptors (Lipinski definition) is 7. The first-order valence-electron chi connectivity index (χ1n) is 7.96. The molecule has 0 aromatic heterocycles. The van der Waals surface area contributed by atoms with Gasteiger partial charge in [-0.25, -0.2) is 0 Å². The quantitative estimate of drug-likeness (QED) is 0.365. The van der Waals surface area contributed by atoms with Crippen LogP contribution in [0.25, 0.3) is 0 Å². The van der Waals surface area contributed by atoms with E-state index in [2.05, 4.69) is 20.7 Å². The molecule has 3 N–H and O–H groups in total. The average molecular weight is 368 g/mol. The Morgan fingerprint density at radius 2 is 1.96 bits per heavy atom. The highest BCUT2D eigenvalue weighted by molar-refractivity contribution is 7.80. The van der Waals surface area contributed by atoms with Crippen LogP contribution in [0.5, 0.6) is 17.2 Å². The number of phenols is 1. The summed E-state index contributed by atoms with van der Waals surface area (Å²) in [5, 5.41) is 17.5. The molecule has 1 aromatic rings. The third-order valence-corrected chi connectivity index (χ3v) is 3.93. The third-order valence-electron chi connectivity index (χ3n) is 3.70. The Balaban J connectivity index is 1.78. The number of ether oxygens (including phenoxy) is 3. The maximum Gasteiger partial charge on any atom is 0.200 e. The Labute approximate surface area is 152 Å². The van der Waals surface area contributed by atoms with Crippen LogP contribution in [0.3, 0.4) is 0 Å². The summed E-state index contributed by atoms with van der Waals surface area (Å²) < 4.78 is 15.5. The van der Waals surface area contributed by atoms with Crippen LogP contribution in [0.4, 0.5) is 0 Å². The first-order valence-corrected chi connectivity index (χ1v) is 8.37. The van der Waals surface area contributed by atoms with E-state index in [9.17, 15) is 5.11 Å². The molecule has 0 bridgehead atoms. The van der Waals surface area contributed by atoms with Gasteiger partial charge in [-0.2, -0.15) is 5.10 Å². The SMILES string of the molecule is COc1cc(/C=N/NC(=S)NCCN2CCOCC2)cc(OC)c1O. The summed E-state index contributed by atoms with van der Waals surface area (Å²) >= 11 is 5.19. The van der Waals surface area contributed by atoms with E-state index in [1.54, 1.807) is 18.3 Å². The first kappa shape index (κ1) is 19.2. The number of aromatic hydroxyl groups is 1. The zero-order valence-corrected chi connectivity index (χ0v) is 15.3. The van der Waals surface area contributed by atoms with Gasteiger partial charge in [-0.3, -0.25) is 10.3 Å². The van der Waals surface area contributed by atoms with E-state index in [0.29, 0.717) is 22.2 Å². The summed E-state index contributed by atoms with van der Waals surface area (Å²) in [4.78, 5) is 2.32. The molecule has 2 rings (SSSR count). The van der Waals surface area contributed by atoms with Gasteiger partial charge in [-0.15, -0.1) is 0 Å². The molecule has 9 heteroatoms. The molecule has 8 nitrogen and oxygen atoms in total. The molecule has 0 unspecified atom stereocenters.